The number of amides is 1. The van der Waals surface area contributed by atoms with Gasteiger partial charge in [0.2, 0.25) is 6.29 Å². The maximum Gasteiger partial charge on any atom is 0.423 e. The Kier molecular flexibility index (Phi) is 16.0. The quantitative estimate of drug-likeness (QED) is 0.0840. The maximum absolute atomic E-state index is 14.0. The highest BCUT2D eigenvalue weighted by molar-refractivity contribution is 6.31. The second-order valence-electron chi connectivity index (χ2n) is 13.4. The van der Waals surface area contributed by atoms with Crippen LogP contribution in [0.5, 0.6) is 0 Å². The molecule has 0 aliphatic carbocycles. The maximum atomic E-state index is 14.0. The number of nitrogens with zero attached hydrogens (tertiary/aromatic N) is 4. The average molecular weight is 681 g/mol. The molecule has 4 rings (SSSR count). The highest BCUT2D eigenvalue weighted by atomic mass is 35.5. The van der Waals surface area contributed by atoms with Crippen molar-refractivity contribution in [2.45, 2.75) is 123 Å². The minimum absolute atomic E-state index is 0.313. The van der Waals surface area contributed by atoms with Gasteiger partial charge in [0.1, 0.15) is 5.82 Å². The standard InChI is InChI=1S/C39H57ClN4O4/c1-4-5-6-7-8-9-10-11-12-13-14-15-16-17-18-23-37(45)47-31(2)48-39(46)44-36-30-32(40)24-25-35(36)41-34-22-20-19-21-33(34)38(44)43-28-26-42(3)27-29-43/h19-22,24-25,30-31H,4-18,23,26-29H2,1-3H3. The third-order valence-electron chi connectivity index (χ3n) is 9.31. The summed E-state index contributed by atoms with van der Waals surface area (Å²) in [5.41, 5.74) is 1.12. The van der Waals surface area contributed by atoms with E-state index in [1.807, 2.05) is 30.3 Å². The van der Waals surface area contributed by atoms with Gasteiger partial charge in [-0.25, -0.2) is 14.7 Å². The van der Waals surface area contributed by atoms with Crippen molar-refractivity contribution in [3.05, 3.63) is 58.1 Å². The molecule has 264 valence electrons. The predicted molar refractivity (Wildman–Crippen MR) is 195 cm³/mol. The number of esters is 1. The molecule has 2 aliphatic heterocycles. The molecular formula is C39H57ClN4O4. The van der Waals surface area contributed by atoms with Crippen LogP contribution >= 0.6 is 11.6 Å². The molecule has 9 heteroatoms. The van der Waals surface area contributed by atoms with Crippen LogP contribution in [-0.4, -0.2) is 61.4 Å². The lowest BCUT2D eigenvalue weighted by Crippen LogP contribution is -2.51. The normalized spacial score (nSPS) is 15.3. The number of piperazine rings is 1. The van der Waals surface area contributed by atoms with E-state index in [2.05, 4.69) is 23.8 Å². The molecule has 0 aromatic heterocycles. The Morgan fingerprint density at radius 3 is 2.00 bits per heavy atom. The average Bonchev–Trinajstić information content (AvgIpc) is 3.21. The molecule has 0 radical (unpaired) electrons. The Hall–Kier alpha value is -3.10. The molecule has 1 fully saturated rings. The number of unbranched alkanes of at least 4 members (excludes halogenated alkanes) is 14. The van der Waals surface area contributed by atoms with Crippen LogP contribution in [-0.2, 0) is 14.3 Å². The van der Waals surface area contributed by atoms with Crippen LogP contribution in [0.2, 0.25) is 5.02 Å². The number of para-hydroxylation sites is 1. The molecule has 0 N–H and O–H groups in total. The van der Waals surface area contributed by atoms with Crippen molar-refractivity contribution in [2.75, 3.05) is 38.1 Å². The number of anilines is 1. The Morgan fingerprint density at radius 2 is 1.38 bits per heavy atom. The number of halogens is 1. The molecule has 2 heterocycles. The summed E-state index contributed by atoms with van der Waals surface area (Å²) in [5, 5.41) is 2.06. The zero-order chi connectivity index (χ0) is 34.1. The van der Waals surface area contributed by atoms with Crippen LogP contribution in [0.25, 0.3) is 5.82 Å². The number of hydrogen-bond acceptors (Lipinski definition) is 7. The molecule has 1 atom stereocenters. The second-order valence-corrected chi connectivity index (χ2v) is 13.8. The highest BCUT2D eigenvalue weighted by Gasteiger charge is 2.33. The molecule has 0 spiro atoms. The minimum Gasteiger partial charge on any atom is -0.425 e. The van der Waals surface area contributed by atoms with Gasteiger partial charge in [-0.3, -0.25) is 4.79 Å². The molecule has 8 nitrogen and oxygen atoms in total. The lowest BCUT2D eigenvalue weighted by atomic mass is 10.0. The van der Waals surface area contributed by atoms with E-state index in [1.165, 1.54) is 77.0 Å². The summed E-state index contributed by atoms with van der Waals surface area (Å²) in [6.45, 7) is 7.01. The van der Waals surface area contributed by atoms with Crippen LogP contribution < -0.4 is 15.5 Å². The van der Waals surface area contributed by atoms with E-state index < -0.39 is 12.4 Å². The van der Waals surface area contributed by atoms with E-state index in [0.717, 1.165) is 56.0 Å². The fraction of sp³-hybridized carbons (Fsp3) is 0.615. The van der Waals surface area contributed by atoms with E-state index >= 15 is 0 Å². The SMILES string of the molecule is CCCCCCCCCCCCCCCCCC(=O)OC(C)OC(=O)N1C(N2CCN(C)CC2)=c2ccccc2=Nc2ccc(Cl)cc21. The van der Waals surface area contributed by atoms with Crippen molar-refractivity contribution in [1.82, 2.24) is 9.80 Å². The number of fused-ring (bicyclic) bond motifs is 2. The van der Waals surface area contributed by atoms with Gasteiger partial charge in [0.05, 0.1) is 16.7 Å². The fourth-order valence-corrected chi connectivity index (χ4v) is 6.68. The molecule has 48 heavy (non-hydrogen) atoms. The van der Waals surface area contributed by atoms with E-state index in [1.54, 1.807) is 24.0 Å². The van der Waals surface area contributed by atoms with Crippen molar-refractivity contribution in [3.8, 4) is 0 Å². The summed E-state index contributed by atoms with van der Waals surface area (Å²) >= 11 is 6.45. The Morgan fingerprint density at radius 1 is 0.792 bits per heavy atom. The lowest BCUT2D eigenvalue weighted by Gasteiger charge is -2.39. The summed E-state index contributed by atoms with van der Waals surface area (Å²) in [6.07, 6.45) is 17.7. The number of likely N-dealkylation sites (N-methyl/N-ethyl adjacent to an activating group) is 1. The predicted octanol–water partition coefficient (Wildman–Crippen LogP) is 8.71. The fourth-order valence-electron chi connectivity index (χ4n) is 6.51. The van der Waals surface area contributed by atoms with E-state index in [9.17, 15) is 9.59 Å². The van der Waals surface area contributed by atoms with Crippen molar-refractivity contribution >= 4 is 40.9 Å². The summed E-state index contributed by atoms with van der Waals surface area (Å²) in [7, 11) is 2.09. The molecule has 1 amide bonds. The van der Waals surface area contributed by atoms with Gasteiger partial charge in [-0.2, -0.15) is 0 Å². The number of carbonyl (C=O) groups excluding carboxylic acids is 2. The first-order chi connectivity index (χ1) is 23.4. The molecule has 2 aromatic carbocycles. The highest BCUT2D eigenvalue weighted by Crippen LogP contribution is 2.36. The van der Waals surface area contributed by atoms with Crippen LogP contribution in [0.3, 0.4) is 0 Å². The summed E-state index contributed by atoms with van der Waals surface area (Å²) in [4.78, 5) is 37.6. The molecule has 0 saturated carbocycles. The van der Waals surface area contributed by atoms with Crippen LogP contribution in [0.15, 0.2) is 47.5 Å². The summed E-state index contributed by atoms with van der Waals surface area (Å²) < 4.78 is 11.4. The van der Waals surface area contributed by atoms with Gasteiger partial charge in [0.25, 0.3) is 0 Å². The molecular weight excluding hydrogens is 624 g/mol. The van der Waals surface area contributed by atoms with Gasteiger partial charge in [0, 0.05) is 49.8 Å². The first kappa shape index (κ1) is 37.7. The number of benzene rings is 2. The number of hydrogen-bond donors (Lipinski definition) is 0. The monoisotopic (exact) mass is 680 g/mol. The lowest BCUT2D eigenvalue weighted by molar-refractivity contribution is -0.164. The number of carbonyl (C=O) groups is 2. The third kappa shape index (κ3) is 11.8. The summed E-state index contributed by atoms with van der Waals surface area (Å²) in [5.74, 6) is 0.331. The van der Waals surface area contributed by atoms with Crippen LogP contribution in [0.4, 0.5) is 16.2 Å². The molecule has 1 saturated heterocycles. The van der Waals surface area contributed by atoms with Gasteiger partial charge in [-0.15, -0.1) is 0 Å². The molecule has 2 aliphatic rings. The molecule has 1 unspecified atom stereocenters. The second kappa shape index (κ2) is 20.4. The van der Waals surface area contributed by atoms with E-state index in [0.29, 0.717) is 28.6 Å². The smallest absolute Gasteiger partial charge is 0.423 e. The van der Waals surface area contributed by atoms with Gasteiger partial charge >= 0.3 is 12.1 Å². The van der Waals surface area contributed by atoms with Gasteiger partial charge in [-0.1, -0.05) is 121 Å². The number of rotatable bonds is 19. The molecule has 2 aromatic rings. The first-order valence-electron chi connectivity index (χ1n) is 18.5. The summed E-state index contributed by atoms with van der Waals surface area (Å²) in [6, 6.07) is 13.1. The van der Waals surface area contributed by atoms with Crippen molar-refractivity contribution in [1.29, 1.82) is 0 Å². The van der Waals surface area contributed by atoms with E-state index in [-0.39, 0.29) is 5.97 Å². The van der Waals surface area contributed by atoms with E-state index in [4.69, 9.17) is 26.1 Å². The zero-order valence-corrected chi connectivity index (χ0v) is 30.3. The topological polar surface area (TPSA) is 74.7 Å². The van der Waals surface area contributed by atoms with Crippen molar-refractivity contribution in [2.24, 2.45) is 4.99 Å². The zero-order valence-electron chi connectivity index (χ0n) is 29.6. The van der Waals surface area contributed by atoms with Crippen LogP contribution in [0, 0.1) is 0 Å². The first-order valence-corrected chi connectivity index (χ1v) is 18.9. The minimum atomic E-state index is -1.05. The Labute approximate surface area is 293 Å². The number of ether oxygens (including phenoxy) is 2. The van der Waals surface area contributed by atoms with Gasteiger partial charge in [-0.05, 0) is 43.8 Å². The van der Waals surface area contributed by atoms with Gasteiger partial charge in [0.15, 0.2) is 0 Å². The third-order valence-corrected chi connectivity index (χ3v) is 9.55. The van der Waals surface area contributed by atoms with Crippen molar-refractivity contribution < 1.29 is 19.1 Å². The molecule has 0 bridgehead atoms. The Balaban J connectivity index is 1.25. The Bertz CT molecular complexity index is 1430. The van der Waals surface area contributed by atoms with Gasteiger partial charge < -0.3 is 19.3 Å². The van der Waals surface area contributed by atoms with Crippen LogP contribution in [0.1, 0.15) is 117 Å². The van der Waals surface area contributed by atoms with Crippen molar-refractivity contribution in [3.63, 3.8) is 0 Å². The largest absolute Gasteiger partial charge is 0.425 e.